The Morgan fingerprint density at radius 2 is 2.31 bits per heavy atom. The van der Waals surface area contributed by atoms with Gasteiger partial charge in [0, 0.05) is 12.6 Å². The number of likely N-dealkylation sites (tertiary alicyclic amines) is 1. The summed E-state index contributed by atoms with van der Waals surface area (Å²) in [6, 6.07) is 0.922. The quantitative estimate of drug-likeness (QED) is 0.687. The van der Waals surface area contributed by atoms with Gasteiger partial charge in [-0.2, -0.15) is 11.8 Å². The summed E-state index contributed by atoms with van der Waals surface area (Å²) in [4.78, 5) is 2.75. The van der Waals surface area contributed by atoms with Gasteiger partial charge in [-0.05, 0) is 49.7 Å². The summed E-state index contributed by atoms with van der Waals surface area (Å²) in [6.07, 6.45) is 5.73. The molecule has 0 aliphatic carbocycles. The highest BCUT2D eigenvalue weighted by Gasteiger charge is 2.26. The van der Waals surface area contributed by atoms with Crippen molar-refractivity contribution in [3.8, 4) is 0 Å². The summed E-state index contributed by atoms with van der Waals surface area (Å²) < 4.78 is 0. The zero-order valence-corrected chi connectivity index (χ0v) is 9.48. The van der Waals surface area contributed by atoms with E-state index in [9.17, 15) is 0 Å². The first kappa shape index (κ1) is 9.85. The number of nitrogens with zero attached hydrogens (tertiary/aromatic N) is 1. The molecule has 0 radical (unpaired) electrons. The van der Waals surface area contributed by atoms with Gasteiger partial charge in [0.2, 0.25) is 0 Å². The van der Waals surface area contributed by atoms with E-state index >= 15 is 0 Å². The van der Waals surface area contributed by atoms with Crippen LogP contribution in [0, 0.1) is 5.92 Å². The van der Waals surface area contributed by atoms with Crippen LogP contribution in [0.2, 0.25) is 0 Å². The number of thioether (sulfide) groups is 1. The van der Waals surface area contributed by atoms with E-state index in [0.717, 1.165) is 12.0 Å². The van der Waals surface area contributed by atoms with Crippen molar-refractivity contribution in [3.05, 3.63) is 0 Å². The highest BCUT2D eigenvalue weighted by Crippen LogP contribution is 2.27. The van der Waals surface area contributed by atoms with Gasteiger partial charge in [0.15, 0.2) is 0 Å². The van der Waals surface area contributed by atoms with E-state index < -0.39 is 0 Å². The lowest BCUT2D eigenvalue weighted by atomic mass is 10.1. The summed E-state index contributed by atoms with van der Waals surface area (Å²) in [6.45, 7) is 5.11. The fraction of sp³-hybridized carbons (Fsp3) is 1.00. The van der Waals surface area contributed by atoms with Crippen molar-refractivity contribution in [2.45, 2.75) is 38.6 Å². The Hall–Kier alpha value is 0.310. The summed E-state index contributed by atoms with van der Waals surface area (Å²) in [5.41, 5.74) is 0. The van der Waals surface area contributed by atoms with Gasteiger partial charge in [-0.15, -0.1) is 0 Å². The molecule has 2 heteroatoms. The first-order valence-corrected chi connectivity index (χ1v) is 6.87. The van der Waals surface area contributed by atoms with Gasteiger partial charge < -0.3 is 4.90 Å². The first-order chi connectivity index (χ1) is 6.40. The molecule has 0 aromatic heterocycles. The molecule has 2 aliphatic rings. The van der Waals surface area contributed by atoms with Crippen molar-refractivity contribution >= 4 is 11.8 Å². The van der Waals surface area contributed by atoms with Gasteiger partial charge in [-0.25, -0.2) is 0 Å². The number of hydrogen-bond donors (Lipinski definition) is 0. The van der Waals surface area contributed by atoms with Crippen LogP contribution in [0.3, 0.4) is 0 Å². The third kappa shape index (κ3) is 2.41. The molecule has 0 aromatic carbocycles. The van der Waals surface area contributed by atoms with E-state index in [4.69, 9.17) is 0 Å². The molecule has 0 amide bonds. The van der Waals surface area contributed by atoms with Gasteiger partial charge in [-0.1, -0.05) is 6.92 Å². The zero-order chi connectivity index (χ0) is 9.10. The maximum atomic E-state index is 2.75. The molecule has 1 nitrogen and oxygen atoms in total. The van der Waals surface area contributed by atoms with Crippen LogP contribution in [0.1, 0.15) is 32.6 Å². The summed E-state index contributed by atoms with van der Waals surface area (Å²) in [5.74, 6) is 3.85. The molecular weight excluding hydrogens is 178 g/mol. The highest BCUT2D eigenvalue weighted by atomic mass is 32.2. The third-order valence-electron chi connectivity index (χ3n) is 3.49. The van der Waals surface area contributed by atoms with Crippen molar-refractivity contribution in [1.82, 2.24) is 4.90 Å². The van der Waals surface area contributed by atoms with E-state index in [1.165, 1.54) is 50.3 Å². The van der Waals surface area contributed by atoms with Crippen LogP contribution in [-0.2, 0) is 0 Å². The molecule has 2 rings (SSSR count). The summed E-state index contributed by atoms with van der Waals surface area (Å²) in [7, 11) is 0. The van der Waals surface area contributed by atoms with Crippen molar-refractivity contribution in [2.75, 3.05) is 24.6 Å². The Balaban J connectivity index is 1.79. The number of hydrogen-bond acceptors (Lipinski definition) is 2. The maximum absolute atomic E-state index is 2.75. The molecule has 2 aliphatic heterocycles. The van der Waals surface area contributed by atoms with E-state index in [1.54, 1.807) is 0 Å². The fourth-order valence-corrected chi connectivity index (χ4v) is 3.93. The van der Waals surface area contributed by atoms with Crippen molar-refractivity contribution in [1.29, 1.82) is 0 Å². The maximum Gasteiger partial charge on any atom is 0.00932 e. The van der Waals surface area contributed by atoms with Crippen molar-refractivity contribution < 1.29 is 0 Å². The lowest BCUT2D eigenvalue weighted by molar-refractivity contribution is 0.218. The molecule has 2 saturated heterocycles. The van der Waals surface area contributed by atoms with Crippen molar-refractivity contribution in [2.24, 2.45) is 5.92 Å². The van der Waals surface area contributed by atoms with Gasteiger partial charge in [0.05, 0.1) is 0 Å². The van der Waals surface area contributed by atoms with Gasteiger partial charge >= 0.3 is 0 Å². The fourth-order valence-electron chi connectivity index (χ4n) is 2.66. The smallest absolute Gasteiger partial charge is 0.00932 e. The molecule has 13 heavy (non-hydrogen) atoms. The molecule has 0 bridgehead atoms. The Morgan fingerprint density at radius 3 is 3.00 bits per heavy atom. The Bertz CT molecular complexity index is 154. The third-order valence-corrected chi connectivity index (χ3v) is 4.72. The van der Waals surface area contributed by atoms with Crippen LogP contribution < -0.4 is 0 Å². The van der Waals surface area contributed by atoms with Gasteiger partial charge in [0.25, 0.3) is 0 Å². The van der Waals surface area contributed by atoms with E-state index in [0.29, 0.717) is 0 Å². The SMILES string of the molecule is CCC1CCCN1CC1CCSC1. The standard InChI is InChI=1S/C11H21NS/c1-2-11-4-3-6-12(11)8-10-5-7-13-9-10/h10-11H,2-9H2,1H3. The van der Waals surface area contributed by atoms with Crippen LogP contribution in [0.15, 0.2) is 0 Å². The average molecular weight is 199 g/mol. The lowest BCUT2D eigenvalue weighted by Crippen LogP contribution is -2.33. The lowest BCUT2D eigenvalue weighted by Gasteiger charge is -2.25. The van der Waals surface area contributed by atoms with Gasteiger partial charge in [0.1, 0.15) is 0 Å². The predicted molar refractivity (Wildman–Crippen MR) is 60.3 cm³/mol. The molecule has 0 N–H and O–H groups in total. The Kier molecular flexibility index (Phi) is 3.56. The monoisotopic (exact) mass is 199 g/mol. The minimum Gasteiger partial charge on any atom is -0.300 e. The molecule has 0 spiro atoms. The topological polar surface area (TPSA) is 3.24 Å². The molecule has 2 unspecified atom stereocenters. The summed E-state index contributed by atoms with van der Waals surface area (Å²) in [5, 5.41) is 0. The molecule has 0 saturated carbocycles. The van der Waals surface area contributed by atoms with Crippen LogP contribution >= 0.6 is 11.8 Å². The summed E-state index contributed by atoms with van der Waals surface area (Å²) >= 11 is 2.15. The van der Waals surface area contributed by atoms with Crippen LogP contribution in [0.4, 0.5) is 0 Å². The first-order valence-electron chi connectivity index (χ1n) is 5.72. The normalized spacial score (nSPS) is 35.8. The van der Waals surface area contributed by atoms with E-state index in [-0.39, 0.29) is 0 Å². The highest BCUT2D eigenvalue weighted by molar-refractivity contribution is 7.99. The minimum atomic E-state index is 0.922. The molecule has 2 heterocycles. The largest absolute Gasteiger partial charge is 0.300 e. The zero-order valence-electron chi connectivity index (χ0n) is 8.67. The van der Waals surface area contributed by atoms with Crippen LogP contribution in [0.25, 0.3) is 0 Å². The van der Waals surface area contributed by atoms with E-state index in [2.05, 4.69) is 23.6 Å². The molecule has 2 atom stereocenters. The second-order valence-corrected chi connectivity index (χ2v) is 5.58. The molecular formula is C11H21NS. The Morgan fingerprint density at radius 1 is 1.38 bits per heavy atom. The molecule has 76 valence electrons. The minimum absolute atomic E-state index is 0.922. The average Bonchev–Trinajstić information content (AvgIpc) is 2.76. The van der Waals surface area contributed by atoms with Crippen LogP contribution in [0.5, 0.6) is 0 Å². The van der Waals surface area contributed by atoms with Crippen LogP contribution in [-0.4, -0.2) is 35.5 Å². The second-order valence-electron chi connectivity index (χ2n) is 4.43. The Labute approximate surface area is 86.3 Å². The predicted octanol–water partition coefficient (Wildman–Crippen LogP) is 2.61. The molecule has 0 aromatic rings. The van der Waals surface area contributed by atoms with E-state index in [1.807, 2.05) is 0 Å². The molecule has 2 fully saturated rings. The van der Waals surface area contributed by atoms with Gasteiger partial charge in [-0.3, -0.25) is 0 Å². The second kappa shape index (κ2) is 4.70. The van der Waals surface area contributed by atoms with Crippen molar-refractivity contribution in [3.63, 3.8) is 0 Å². The number of rotatable bonds is 3.